The zero-order chi connectivity index (χ0) is 17.5. The van der Waals surface area contributed by atoms with Crippen LogP contribution in [0.5, 0.6) is 0 Å². The standard InChI is InChI=1S/C7H4ClNO2S.C7H5NO3S/c8-7-5-3-1-2-4-6(5)12(10,11)9-7;9-7-5-3-1-2-4-6(5)12(10,11)8-7/h1-4H;1-4H,(H,8,9). The van der Waals surface area contributed by atoms with Gasteiger partial charge in [-0.3, -0.25) is 4.79 Å². The summed E-state index contributed by atoms with van der Waals surface area (Å²) in [6, 6.07) is 12.6. The number of carbonyl (C=O) groups excluding carboxylic acids is 1. The summed E-state index contributed by atoms with van der Waals surface area (Å²) in [7, 11) is -7.05. The van der Waals surface area contributed by atoms with Crippen molar-refractivity contribution in [1.82, 2.24) is 4.72 Å². The van der Waals surface area contributed by atoms with Gasteiger partial charge in [0, 0.05) is 5.56 Å². The fourth-order valence-corrected chi connectivity index (χ4v) is 4.95. The van der Waals surface area contributed by atoms with Crippen LogP contribution in [0.15, 0.2) is 62.7 Å². The molecule has 0 fully saturated rings. The maximum absolute atomic E-state index is 11.2. The Morgan fingerprint density at radius 2 is 1.38 bits per heavy atom. The van der Waals surface area contributed by atoms with Crippen molar-refractivity contribution in [3.63, 3.8) is 0 Å². The third-order valence-electron chi connectivity index (χ3n) is 3.24. The van der Waals surface area contributed by atoms with Gasteiger partial charge in [0.05, 0.1) is 10.5 Å². The van der Waals surface area contributed by atoms with Crippen LogP contribution < -0.4 is 4.72 Å². The maximum atomic E-state index is 11.2. The van der Waals surface area contributed by atoms with Gasteiger partial charge in [-0.05, 0) is 18.2 Å². The Hall–Kier alpha value is -2.23. The van der Waals surface area contributed by atoms with Crippen molar-refractivity contribution in [3.8, 4) is 0 Å². The summed E-state index contributed by atoms with van der Waals surface area (Å²) in [5, 5.41) is 0.0469. The quantitative estimate of drug-likeness (QED) is 0.740. The van der Waals surface area contributed by atoms with E-state index in [9.17, 15) is 21.6 Å². The molecular formula is C14H9ClN2O5S2. The van der Waals surface area contributed by atoms with Gasteiger partial charge in [0.15, 0.2) is 5.17 Å². The lowest BCUT2D eigenvalue weighted by Crippen LogP contribution is -2.20. The fraction of sp³-hybridized carbons (Fsp3) is 0. The number of sulfonamides is 2. The number of amides is 1. The van der Waals surface area contributed by atoms with E-state index in [4.69, 9.17) is 11.6 Å². The van der Waals surface area contributed by atoms with Gasteiger partial charge in [0.2, 0.25) is 0 Å². The minimum Gasteiger partial charge on any atom is -0.268 e. The number of halogens is 1. The molecule has 2 heterocycles. The molecule has 2 aliphatic rings. The second kappa shape index (κ2) is 5.69. The van der Waals surface area contributed by atoms with Gasteiger partial charge < -0.3 is 0 Å². The highest BCUT2D eigenvalue weighted by Crippen LogP contribution is 2.27. The van der Waals surface area contributed by atoms with Crippen LogP contribution in [0, 0.1) is 0 Å². The van der Waals surface area contributed by atoms with Gasteiger partial charge in [-0.15, -0.1) is 4.40 Å². The topological polar surface area (TPSA) is 110 Å². The van der Waals surface area contributed by atoms with Crippen LogP contribution in [0.1, 0.15) is 15.9 Å². The van der Waals surface area contributed by atoms with Gasteiger partial charge in [0.1, 0.15) is 4.90 Å². The molecule has 0 aromatic heterocycles. The molecular weight excluding hydrogens is 376 g/mol. The van der Waals surface area contributed by atoms with Crippen molar-refractivity contribution < 1.29 is 21.6 Å². The second-order valence-corrected chi connectivity index (χ2v) is 8.37. The molecule has 0 saturated heterocycles. The van der Waals surface area contributed by atoms with Crippen LogP contribution in [-0.4, -0.2) is 27.9 Å². The lowest BCUT2D eigenvalue weighted by Gasteiger charge is -1.93. The number of hydrogen-bond acceptors (Lipinski definition) is 5. The molecule has 0 aliphatic carbocycles. The van der Waals surface area contributed by atoms with Gasteiger partial charge in [-0.25, -0.2) is 13.1 Å². The number of hydrogen-bond donors (Lipinski definition) is 1. The SMILES string of the molecule is O=C1NS(=O)(=O)c2ccccc21.O=S1(=O)N=C(Cl)c2ccccc21. The van der Waals surface area contributed by atoms with Gasteiger partial charge in [0.25, 0.3) is 26.0 Å². The Labute approximate surface area is 143 Å². The van der Waals surface area contributed by atoms with Crippen molar-refractivity contribution in [1.29, 1.82) is 0 Å². The molecule has 0 spiro atoms. The molecule has 10 heteroatoms. The lowest BCUT2D eigenvalue weighted by atomic mass is 10.2. The van der Waals surface area contributed by atoms with Crippen molar-refractivity contribution >= 4 is 42.7 Å². The summed E-state index contributed by atoms with van der Waals surface area (Å²) in [4.78, 5) is 11.2. The Morgan fingerprint density at radius 3 is 1.96 bits per heavy atom. The smallest absolute Gasteiger partial charge is 0.268 e. The lowest BCUT2D eigenvalue weighted by molar-refractivity contribution is 0.0985. The van der Waals surface area contributed by atoms with Gasteiger partial charge >= 0.3 is 0 Å². The normalized spacial score (nSPS) is 18.5. The van der Waals surface area contributed by atoms with E-state index in [0.29, 0.717) is 5.56 Å². The zero-order valence-electron chi connectivity index (χ0n) is 11.8. The molecule has 0 bridgehead atoms. The molecule has 1 N–H and O–H groups in total. The number of nitrogens with one attached hydrogen (secondary N) is 1. The fourth-order valence-electron chi connectivity index (χ4n) is 2.19. The molecule has 1 amide bonds. The van der Waals surface area contributed by atoms with E-state index in [-0.39, 0.29) is 20.5 Å². The summed E-state index contributed by atoms with van der Waals surface area (Å²) < 4.78 is 49.9. The van der Waals surface area contributed by atoms with Crippen molar-refractivity contribution in [3.05, 3.63) is 59.7 Å². The number of nitrogens with zero attached hydrogens (tertiary/aromatic N) is 1. The number of benzene rings is 2. The summed E-state index contributed by atoms with van der Waals surface area (Å²) in [5.74, 6) is -0.550. The van der Waals surface area contributed by atoms with E-state index >= 15 is 0 Å². The molecule has 4 rings (SSSR count). The highest BCUT2D eigenvalue weighted by Gasteiger charge is 2.31. The van der Waals surface area contributed by atoms with Crippen LogP contribution in [0.25, 0.3) is 0 Å². The van der Waals surface area contributed by atoms with E-state index in [1.807, 2.05) is 4.72 Å². The minimum absolute atomic E-state index is 0.0469. The number of carbonyl (C=O) groups is 1. The van der Waals surface area contributed by atoms with Crippen molar-refractivity contribution in [2.45, 2.75) is 9.79 Å². The van der Waals surface area contributed by atoms with E-state index in [1.165, 1.54) is 18.2 Å². The van der Waals surface area contributed by atoms with E-state index in [2.05, 4.69) is 4.40 Å². The van der Waals surface area contributed by atoms with Crippen LogP contribution in [0.4, 0.5) is 0 Å². The Kier molecular flexibility index (Phi) is 3.94. The molecule has 2 aromatic rings. The van der Waals surface area contributed by atoms with Crippen LogP contribution >= 0.6 is 11.6 Å². The first kappa shape index (κ1) is 16.6. The molecule has 0 radical (unpaired) electrons. The summed E-state index contributed by atoms with van der Waals surface area (Å²) in [6.07, 6.45) is 0. The first-order chi connectivity index (χ1) is 11.2. The van der Waals surface area contributed by atoms with Gasteiger partial charge in [-0.2, -0.15) is 8.42 Å². The number of fused-ring (bicyclic) bond motifs is 2. The second-order valence-electron chi connectivity index (χ2n) is 4.78. The minimum atomic E-state index is -3.55. The molecule has 2 aliphatic heterocycles. The molecule has 7 nitrogen and oxygen atoms in total. The molecule has 0 unspecified atom stereocenters. The van der Waals surface area contributed by atoms with E-state index < -0.39 is 26.0 Å². The molecule has 0 atom stereocenters. The summed E-state index contributed by atoms with van der Waals surface area (Å²) >= 11 is 5.60. The Bertz CT molecular complexity index is 1090. The maximum Gasteiger partial charge on any atom is 0.284 e. The predicted molar refractivity (Wildman–Crippen MR) is 87.1 cm³/mol. The summed E-state index contributed by atoms with van der Waals surface area (Å²) in [6.45, 7) is 0. The average Bonchev–Trinajstić information content (AvgIpc) is 2.91. The van der Waals surface area contributed by atoms with Crippen molar-refractivity contribution in [2.24, 2.45) is 4.40 Å². The summed E-state index contributed by atoms with van der Waals surface area (Å²) in [5.41, 5.74) is 0.705. The molecule has 2 aromatic carbocycles. The van der Waals surface area contributed by atoms with E-state index in [1.54, 1.807) is 30.3 Å². The first-order valence-corrected chi connectivity index (χ1v) is 9.78. The van der Waals surface area contributed by atoms with Gasteiger partial charge in [-0.1, -0.05) is 41.9 Å². The van der Waals surface area contributed by atoms with Crippen LogP contribution in [0.3, 0.4) is 0 Å². The zero-order valence-corrected chi connectivity index (χ0v) is 14.2. The van der Waals surface area contributed by atoms with Crippen LogP contribution in [-0.2, 0) is 20.0 Å². The third-order valence-corrected chi connectivity index (χ3v) is 6.35. The molecule has 24 heavy (non-hydrogen) atoms. The predicted octanol–water partition coefficient (Wildman–Crippen LogP) is 1.49. The monoisotopic (exact) mass is 384 g/mol. The Balaban J connectivity index is 0.000000141. The largest absolute Gasteiger partial charge is 0.284 e. The van der Waals surface area contributed by atoms with E-state index in [0.717, 1.165) is 0 Å². The molecule has 124 valence electrons. The first-order valence-electron chi connectivity index (χ1n) is 6.48. The number of rotatable bonds is 0. The van der Waals surface area contributed by atoms with Crippen molar-refractivity contribution in [2.75, 3.05) is 0 Å². The highest BCUT2D eigenvalue weighted by atomic mass is 35.5. The molecule has 0 saturated carbocycles. The average molecular weight is 385 g/mol. The third kappa shape index (κ3) is 2.81. The van der Waals surface area contributed by atoms with Crippen LogP contribution in [0.2, 0.25) is 0 Å². The Morgan fingerprint density at radius 1 is 0.833 bits per heavy atom. The highest BCUT2D eigenvalue weighted by molar-refractivity contribution is 7.91.